The van der Waals surface area contributed by atoms with Crippen molar-refractivity contribution >= 4 is 44.4 Å². The Labute approximate surface area is 173 Å². The minimum absolute atomic E-state index is 0.115. The molecule has 0 aliphatic heterocycles. The van der Waals surface area contributed by atoms with Gasteiger partial charge in [0.25, 0.3) is 0 Å². The number of anilines is 1. The highest BCUT2D eigenvalue weighted by Crippen LogP contribution is 2.27. The molecule has 0 saturated heterocycles. The van der Waals surface area contributed by atoms with Crippen LogP contribution in [0.15, 0.2) is 34.6 Å². The van der Waals surface area contributed by atoms with Crippen molar-refractivity contribution in [3.63, 3.8) is 0 Å². The number of rotatable bonds is 6. The van der Waals surface area contributed by atoms with Gasteiger partial charge < -0.3 is 5.32 Å². The van der Waals surface area contributed by atoms with Crippen LogP contribution in [0.5, 0.6) is 0 Å². The van der Waals surface area contributed by atoms with E-state index in [0.29, 0.717) is 16.4 Å². The van der Waals surface area contributed by atoms with E-state index < -0.39 is 10.0 Å². The van der Waals surface area contributed by atoms with Crippen molar-refractivity contribution in [1.29, 1.82) is 0 Å². The summed E-state index contributed by atoms with van der Waals surface area (Å²) in [4.78, 5) is 21.1. The van der Waals surface area contributed by atoms with E-state index in [9.17, 15) is 13.2 Å². The topological polar surface area (TPSA) is 110 Å². The van der Waals surface area contributed by atoms with E-state index in [1.165, 1.54) is 38.3 Å². The summed E-state index contributed by atoms with van der Waals surface area (Å²) < 4.78 is 27.7. The second kappa shape index (κ2) is 8.09. The maximum Gasteiger partial charge on any atom is 0.242 e. The first-order chi connectivity index (χ1) is 13.6. The van der Waals surface area contributed by atoms with Gasteiger partial charge in [-0.1, -0.05) is 11.8 Å². The Hall–Kier alpha value is -2.50. The maximum absolute atomic E-state index is 12.5. The minimum atomic E-state index is -3.60. The van der Waals surface area contributed by atoms with Crippen LogP contribution in [0.25, 0.3) is 11.0 Å². The Morgan fingerprint density at radius 3 is 2.66 bits per heavy atom. The molecule has 0 bridgehead atoms. The van der Waals surface area contributed by atoms with Crippen molar-refractivity contribution in [1.82, 2.24) is 24.1 Å². The predicted octanol–water partition coefficient (Wildman–Crippen LogP) is 1.96. The van der Waals surface area contributed by atoms with Crippen LogP contribution in [0, 0.1) is 13.8 Å². The molecule has 1 N–H and O–H groups in total. The molecule has 0 saturated carbocycles. The minimum Gasteiger partial charge on any atom is -0.325 e. The molecular weight excluding hydrogens is 412 g/mol. The zero-order chi connectivity index (χ0) is 21.3. The first-order valence-electron chi connectivity index (χ1n) is 8.70. The molecule has 3 rings (SSSR count). The lowest BCUT2D eigenvalue weighted by atomic mass is 10.1. The molecule has 154 valence electrons. The van der Waals surface area contributed by atoms with E-state index in [4.69, 9.17) is 0 Å². The predicted molar refractivity (Wildman–Crippen MR) is 112 cm³/mol. The van der Waals surface area contributed by atoms with Gasteiger partial charge in [-0.25, -0.2) is 22.7 Å². The standard InChI is InChI=1S/C18H22N6O3S2/c1-11-6-13(29(26,27)23(3)4)7-15(12(11)2)22-16(25)9-28-18-14-8-21-24(5)17(14)19-10-20-18/h6-8,10H,9H2,1-5H3,(H,22,25). The Morgan fingerprint density at radius 2 is 1.97 bits per heavy atom. The highest BCUT2D eigenvalue weighted by atomic mass is 32.2. The van der Waals surface area contributed by atoms with Crippen molar-refractivity contribution < 1.29 is 13.2 Å². The van der Waals surface area contributed by atoms with Crippen molar-refractivity contribution in [2.45, 2.75) is 23.8 Å². The van der Waals surface area contributed by atoms with Crippen LogP contribution in [0.3, 0.4) is 0 Å². The molecule has 1 aromatic carbocycles. The van der Waals surface area contributed by atoms with Gasteiger partial charge in [0.1, 0.15) is 11.4 Å². The number of aromatic nitrogens is 4. The second-order valence-electron chi connectivity index (χ2n) is 6.72. The number of nitrogens with one attached hydrogen (secondary N) is 1. The molecule has 2 aromatic heterocycles. The van der Waals surface area contributed by atoms with Crippen LogP contribution >= 0.6 is 11.8 Å². The molecule has 0 fully saturated rings. The van der Waals surface area contributed by atoms with Gasteiger partial charge in [-0.2, -0.15) is 5.10 Å². The Kier molecular flexibility index (Phi) is 5.92. The largest absolute Gasteiger partial charge is 0.325 e. The average Bonchev–Trinajstić information content (AvgIpc) is 3.05. The molecule has 0 aliphatic carbocycles. The number of carbonyl (C=O) groups excluding carboxylic acids is 1. The molecule has 0 radical (unpaired) electrons. The second-order valence-corrected chi connectivity index (χ2v) is 9.84. The monoisotopic (exact) mass is 434 g/mol. The number of sulfonamides is 1. The fourth-order valence-corrected chi connectivity index (χ4v) is 4.47. The number of thioether (sulfide) groups is 1. The average molecular weight is 435 g/mol. The maximum atomic E-state index is 12.5. The highest BCUT2D eigenvalue weighted by molar-refractivity contribution is 8.00. The Morgan fingerprint density at radius 1 is 1.24 bits per heavy atom. The number of nitrogens with zero attached hydrogens (tertiary/aromatic N) is 5. The van der Waals surface area contributed by atoms with Gasteiger partial charge in [0, 0.05) is 26.8 Å². The number of aryl methyl sites for hydroxylation is 2. The van der Waals surface area contributed by atoms with Crippen molar-refractivity contribution in [3.05, 3.63) is 35.8 Å². The molecule has 2 heterocycles. The van der Waals surface area contributed by atoms with E-state index in [0.717, 1.165) is 20.8 Å². The lowest BCUT2D eigenvalue weighted by Gasteiger charge is -2.16. The number of carbonyl (C=O) groups is 1. The molecule has 0 atom stereocenters. The third-order valence-corrected chi connectivity index (χ3v) is 7.32. The highest BCUT2D eigenvalue weighted by Gasteiger charge is 2.20. The Bertz CT molecular complexity index is 1190. The number of hydrogen-bond donors (Lipinski definition) is 1. The van der Waals surface area contributed by atoms with Gasteiger partial charge in [0.2, 0.25) is 15.9 Å². The van der Waals surface area contributed by atoms with Gasteiger partial charge in [-0.3, -0.25) is 9.48 Å². The molecule has 3 aromatic rings. The lowest BCUT2D eigenvalue weighted by molar-refractivity contribution is -0.113. The number of benzene rings is 1. The van der Waals surface area contributed by atoms with E-state index in [1.54, 1.807) is 24.0 Å². The van der Waals surface area contributed by atoms with E-state index in [-0.39, 0.29) is 16.6 Å². The number of fused-ring (bicyclic) bond motifs is 1. The summed E-state index contributed by atoms with van der Waals surface area (Å²) in [5.74, 6) is -0.142. The van der Waals surface area contributed by atoms with E-state index >= 15 is 0 Å². The zero-order valence-corrected chi connectivity index (χ0v) is 18.4. The molecular formula is C18H22N6O3S2. The van der Waals surface area contributed by atoms with Gasteiger partial charge in [-0.15, -0.1) is 0 Å². The van der Waals surface area contributed by atoms with Crippen LogP contribution in [-0.4, -0.2) is 58.2 Å². The van der Waals surface area contributed by atoms with Crippen LogP contribution < -0.4 is 5.32 Å². The Balaban J connectivity index is 1.79. The molecule has 29 heavy (non-hydrogen) atoms. The smallest absolute Gasteiger partial charge is 0.242 e. The van der Waals surface area contributed by atoms with Crippen LogP contribution in [0.1, 0.15) is 11.1 Å². The summed E-state index contributed by atoms with van der Waals surface area (Å²) in [6, 6.07) is 3.10. The molecule has 0 unspecified atom stereocenters. The van der Waals surface area contributed by atoms with Crippen LogP contribution in [-0.2, 0) is 21.9 Å². The molecule has 0 aliphatic rings. The third-order valence-electron chi connectivity index (χ3n) is 4.53. The SMILES string of the molecule is Cc1cc(S(=O)(=O)N(C)C)cc(NC(=O)CSc2ncnc3c2cnn3C)c1C. The molecule has 11 heteroatoms. The molecule has 9 nitrogen and oxygen atoms in total. The summed E-state index contributed by atoms with van der Waals surface area (Å²) in [6.07, 6.45) is 3.10. The summed E-state index contributed by atoms with van der Waals surface area (Å²) >= 11 is 1.27. The van der Waals surface area contributed by atoms with Gasteiger partial charge in [0.05, 0.1) is 22.2 Å². The van der Waals surface area contributed by atoms with Gasteiger partial charge in [-0.05, 0) is 37.1 Å². The number of hydrogen-bond acceptors (Lipinski definition) is 7. The lowest BCUT2D eigenvalue weighted by Crippen LogP contribution is -2.23. The summed E-state index contributed by atoms with van der Waals surface area (Å²) in [6.45, 7) is 3.65. The molecule has 0 spiro atoms. The summed E-state index contributed by atoms with van der Waals surface area (Å²) in [5.41, 5.74) is 2.77. The van der Waals surface area contributed by atoms with Crippen molar-refractivity contribution in [2.24, 2.45) is 7.05 Å². The van der Waals surface area contributed by atoms with E-state index in [1.807, 2.05) is 13.8 Å². The summed E-state index contributed by atoms with van der Waals surface area (Å²) in [7, 11) is 1.13. The summed E-state index contributed by atoms with van der Waals surface area (Å²) in [5, 5.41) is 8.42. The fourth-order valence-electron chi connectivity index (χ4n) is 2.69. The third kappa shape index (κ3) is 4.26. The quantitative estimate of drug-likeness (QED) is 0.466. The van der Waals surface area contributed by atoms with Crippen molar-refractivity contribution in [2.75, 3.05) is 25.2 Å². The van der Waals surface area contributed by atoms with Crippen molar-refractivity contribution in [3.8, 4) is 0 Å². The van der Waals surface area contributed by atoms with Gasteiger partial charge in [0.15, 0.2) is 5.65 Å². The van der Waals surface area contributed by atoms with Crippen LogP contribution in [0.4, 0.5) is 5.69 Å². The van der Waals surface area contributed by atoms with E-state index in [2.05, 4.69) is 20.4 Å². The normalized spacial score (nSPS) is 11.9. The first-order valence-corrected chi connectivity index (χ1v) is 11.1. The number of amides is 1. The first kappa shape index (κ1) is 21.2. The van der Waals surface area contributed by atoms with Crippen LogP contribution in [0.2, 0.25) is 0 Å². The fraction of sp³-hybridized carbons (Fsp3) is 0.333. The molecule has 1 amide bonds. The zero-order valence-electron chi connectivity index (χ0n) is 16.8. The van der Waals surface area contributed by atoms with Gasteiger partial charge >= 0.3 is 0 Å².